The van der Waals surface area contributed by atoms with Gasteiger partial charge >= 0.3 is 11.0 Å². The molecule has 0 radical (unpaired) electrons. The summed E-state index contributed by atoms with van der Waals surface area (Å²) in [5.41, 5.74) is 1.57. The van der Waals surface area contributed by atoms with Crippen LogP contribution in [0.25, 0.3) is 0 Å². The van der Waals surface area contributed by atoms with Gasteiger partial charge < -0.3 is 9.88 Å². The summed E-state index contributed by atoms with van der Waals surface area (Å²) in [5.74, 6) is 0. The number of aromatic nitrogens is 1. The molecule has 0 fully saturated rings. The number of hydrogen-bond donors (Lipinski definition) is 1. The highest BCUT2D eigenvalue weighted by Crippen LogP contribution is 2.15. The number of rotatable bonds is 4. The molecule has 2 aromatic carbocycles. The summed E-state index contributed by atoms with van der Waals surface area (Å²) >= 11 is 0.862. The number of hydrogen-bond acceptors (Lipinski definition) is 4. The quantitative estimate of drug-likeness (QED) is 0.573. The molecular weight excluding hydrogens is 340 g/mol. The molecule has 0 spiro atoms. The van der Waals surface area contributed by atoms with Gasteiger partial charge in [0.2, 0.25) is 4.80 Å². The zero-order valence-corrected chi connectivity index (χ0v) is 13.8. The Bertz CT molecular complexity index is 949. The first kappa shape index (κ1) is 16.6. The smallest absolute Gasteiger partial charge is 0.312 e. The van der Waals surface area contributed by atoms with Crippen LogP contribution in [0, 0.1) is 10.1 Å². The second-order valence-electron chi connectivity index (χ2n) is 5.13. The van der Waals surface area contributed by atoms with Gasteiger partial charge in [-0.15, -0.1) is 0 Å². The van der Waals surface area contributed by atoms with Gasteiger partial charge in [0.05, 0.1) is 17.7 Å². The van der Waals surface area contributed by atoms with E-state index in [1.165, 1.54) is 6.20 Å². The highest BCUT2D eigenvalue weighted by molar-refractivity contribution is 7.12. The Morgan fingerprint density at radius 3 is 2.40 bits per heavy atom. The Hall–Kier alpha value is -3.26. The maximum Gasteiger partial charge on any atom is 0.348 e. The average molecular weight is 354 g/mol. The topological polar surface area (TPSA) is 89.5 Å². The summed E-state index contributed by atoms with van der Waals surface area (Å²) in [7, 11) is 0. The van der Waals surface area contributed by atoms with E-state index in [0.717, 1.165) is 16.9 Å². The van der Waals surface area contributed by atoms with Crippen molar-refractivity contribution in [3.05, 3.63) is 87.3 Å². The average Bonchev–Trinajstić information content (AvgIpc) is 2.99. The van der Waals surface area contributed by atoms with Gasteiger partial charge in [-0.05, 0) is 29.0 Å². The van der Waals surface area contributed by atoms with Gasteiger partial charge in [-0.3, -0.25) is 10.1 Å². The number of urea groups is 1. The minimum atomic E-state index is -0.579. The number of carbonyl (C=O) groups excluding carboxylic acids is 1. The van der Waals surface area contributed by atoms with E-state index in [9.17, 15) is 14.9 Å². The maximum absolute atomic E-state index is 12.1. The Kier molecular flexibility index (Phi) is 5.00. The van der Waals surface area contributed by atoms with Gasteiger partial charge in [0, 0.05) is 5.69 Å². The molecule has 25 heavy (non-hydrogen) atoms. The summed E-state index contributed by atoms with van der Waals surface area (Å²) in [5, 5.41) is 13.6. The van der Waals surface area contributed by atoms with Gasteiger partial charge in [-0.2, -0.15) is 4.99 Å². The number of nitrogens with zero attached hydrogens (tertiary/aromatic N) is 3. The Labute approximate surface area is 147 Å². The van der Waals surface area contributed by atoms with Crippen LogP contribution in [0.4, 0.5) is 15.5 Å². The van der Waals surface area contributed by atoms with Gasteiger partial charge in [-0.1, -0.05) is 48.5 Å². The lowest BCUT2D eigenvalue weighted by Gasteiger charge is -2.03. The Balaban J connectivity index is 1.90. The van der Waals surface area contributed by atoms with Crippen LogP contribution in [0.15, 0.2) is 71.9 Å². The molecule has 0 atom stereocenters. The predicted octanol–water partition coefficient (Wildman–Crippen LogP) is 3.64. The van der Waals surface area contributed by atoms with Crippen LogP contribution >= 0.6 is 11.3 Å². The normalized spacial score (nSPS) is 11.3. The van der Waals surface area contributed by atoms with E-state index >= 15 is 0 Å². The predicted molar refractivity (Wildman–Crippen MR) is 95.5 cm³/mol. The fraction of sp³-hybridized carbons (Fsp3) is 0.0588. The van der Waals surface area contributed by atoms with Crippen molar-refractivity contribution in [1.82, 2.24) is 4.57 Å². The fourth-order valence-corrected chi connectivity index (χ4v) is 3.00. The number of thiazole rings is 1. The summed E-state index contributed by atoms with van der Waals surface area (Å²) in [4.78, 5) is 26.9. The van der Waals surface area contributed by atoms with Crippen molar-refractivity contribution in [3.63, 3.8) is 0 Å². The Morgan fingerprint density at radius 2 is 1.76 bits per heavy atom. The van der Waals surface area contributed by atoms with Crippen molar-refractivity contribution in [2.75, 3.05) is 5.32 Å². The van der Waals surface area contributed by atoms with Crippen LogP contribution in [-0.2, 0) is 6.54 Å². The number of anilines is 1. The summed E-state index contributed by atoms with van der Waals surface area (Å²) < 4.78 is 1.60. The van der Waals surface area contributed by atoms with Crippen molar-refractivity contribution >= 4 is 28.1 Å². The summed E-state index contributed by atoms with van der Waals surface area (Å²) in [6, 6.07) is 17.8. The van der Waals surface area contributed by atoms with E-state index in [1.807, 2.05) is 36.4 Å². The highest BCUT2D eigenvalue weighted by atomic mass is 32.1. The highest BCUT2D eigenvalue weighted by Gasteiger charge is 2.13. The van der Waals surface area contributed by atoms with Crippen molar-refractivity contribution < 1.29 is 9.72 Å². The second-order valence-corrected chi connectivity index (χ2v) is 6.12. The monoisotopic (exact) mass is 354 g/mol. The van der Waals surface area contributed by atoms with Crippen molar-refractivity contribution in [2.45, 2.75) is 6.54 Å². The van der Waals surface area contributed by atoms with E-state index in [2.05, 4.69) is 10.3 Å². The summed E-state index contributed by atoms with van der Waals surface area (Å²) in [6.45, 7) is 0.391. The summed E-state index contributed by atoms with van der Waals surface area (Å²) in [6.07, 6.45) is 1.40. The standard InChI is InChI=1S/C17H14N4O3S/c22-16(18-14-9-5-2-6-10-14)19-17-20(12-15(25-17)21(23)24)11-13-7-3-1-4-8-13/h1-10,12H,11H2,(H,18,22)/b19-17-. The molecule has 8 heteroatoms. The lowest BCUT2D eigenvalue weighted by atomic mass is 10.2. The van der Waals surface area contributed by atoms with E-state index in [0.29, 0.717) is 12.2 Å². The molecule has 7 nitrogen and oxygen atoms in total. The zero-order chi connectivity index (χ0) is 17.6. The van der Waals surface area contributed by atoms with Crippen LogP contribution in [0.3, 0.4) is 0 Å². The minimum Gasteiger partial charge on any atom is -0.312 e. The molecule has 3 aromatic rings. The molecule has 0 unspecified atom stereocenters. The molecular formula is C17H14N4O3S. The van der Waals surface area contributed by atoms with Crippen molar-refractivity contribution in [2.24, 2.45) is 4.99 Å². The molecule has 0 saturated carbocycles. The number of para-hydroxylation sites is 1. The van der Waals surface area contributed by atoms with Crippen LogP contribution in [0.2, 0.25) is 0 Å². The van der Waals surface area contributed by atoms with Crippen LogP contribution in [-0.4, -0.2) is 15.5 Å². The van der Waals surface area contributed by atoms with Crippen molar-refractivity contribution in [3.8, 4) is 0 Å². The van der Waals surface area contributed by atoms with Crippen LogP contribution in [0.1, 0.15) is 5.56 Å². The number of nitrogens with one attached hydrogen (secondary N) is 1. The molecule has 2 amide bonds. The van der Waals surface area contributed by atoms with Gasteiger partial charge in [0.1, 0.15) is 0 Å². The SMILES string of the molecule is O=C(/N=c1\sc([N+](=O)[O-])cn1Cc1ccccc1)Nc1ccccc1. The van der Waals surface area contributed by atoms with Crippen LogP contribution in [0.5, 0.6) is 0 Å². The lowest BCUT2D eigenvalue weighted by molar-refractivity contribution is -0.380. The zero-order valence-electron chi connectivity index (χ0n) is 13.0. The van der Waals surface area contributed by atoms with Gasteiger partial charge in [-0.25, -0.2) is 4.79 Å². The third-order valence-corrected chi connectivity index (χ3v) is 4.28. The van der Waals surface area contributed by atoms with E-state index in [4.69, 9.17) is 0 Å². The Morgan fingerprint density at radius 1 is 1.12 bits per heavy atom. The number of carbonyl (C=O) groups is 1. The van der Waals surface area contributed by atoms with E-state index in [-0.39, 0.29) is 9.80 Å². The molecule has 0 saturated heterocycles. The van der Waals surface area contributed by atoms with E-state index < -0.39 is 11.0 Å². The number of nitro groups is 1. The third-order valence-electron chi connectivity index (χ3n) is 3.31. The largest absolute Gasteiger partial charge is 0.348 e. The first-order chi connectivity index (χ1) is 12.1. The van der Waals surface area contributed by atoms with E-state index in [1.54, 1.807) is 28.8 Å². The molecule has 0 aliphatic carbocycles. The van der Waals surface area contributed by atoms with Crippen LogP contribution < -0.4 is 10.1 Å². The molecule has 1 heterocycles. The molecule has 0 aliphatic rings. The third kappa shape index (κ3) is 4.39. The molecule has 1 N–H and O–H groups in total. The number of benzene rings is 2. The first-order valence-corrected chi connectivity index (χ1v) is 8.23. The number of amides is 2. The molecule has 1 aromatic heterocycles. The molecule has 0 bridgehead atoms. The maximum atomic E-state index is 12.1. The van der Waals surface area contributed by atoms with Gasteiger partial charge in [0.25, 0.3) is 0 Å². The molecule has 3 rings (SSSR count). The first-order valence-electron chi connectivity index (χ1n) is 7.41. The van der Waals surface area contributed by atoms with Gasteiger partial charge in [0.15, 0.2) is 0 Å². The van der Waals surface area contributed by atoms with Crippen molar-refractivity contribution in [1.29, 1.82) is 0 Å². The molecule has 0 aliphatic heterocycles. The second kappa shape index (κ2) is 7.54. The lowest BCUT2D eigenvalue weighted by Crippen LogP contribution is -2.19. The fourth-order valence-electron chi connectivity index (χ4n) is 2.19. The minimum absolute atomic E-state index is 0.0674. The molecule has 126 valence electrons.